The van der Waals surface area contributed by atoms with Gasteiger partial charge in [0.25, 0.3) is 0 Å². The van der Waals surface area contributed by atoms with E-state index in [4.69, 9.17) is 10.5 Å². The van der Waals surface area contributed by atoms with E-state index in [1.165, 1.54) is 4.90 Å². The lowest BCUT2D eigenvalue weighted by molar-refractivity contribution is -0.189. The Balaban J connectivity index is 2.53. The smallest absolute Gasteiger partial charge is 0.404 e. The van der Waals surface area contributed by atoms with E-state index in [2.05, 4.69) is 0 Å². The van der Waals surface area contributed by atoms with Gasteiger partial charge in [0.2, 0.25) is 0 Å². The number of nitrogens with two attached hydrogens (primary N) is 1. The molecule has 1 rings (SSSR count). The molecule has 0 bridgehead atoms. The second-order valence-corrected chi connectivity index (χ2v) is 4.70. The van der Waals surface area contributed by atoms with E-state index in [0.29, 0.717) is 19.4 Å². The van der Waals surface area contributed by atoms with Crippen LogP contribution in [0.25, 0.3) is 0 Å². The molecule has 1 unspecified atom stereocenters. The fourth-order valence-electron chi connectivity index (χ4n) is 2.42. The van der Waals surface area contributed by atoms with Crippen molar-refractivity contribution in [2.75, 3.05) is 26.2 Å². The van der Waals surface area contributed by atoms with Gasteiger partial charge in [-0.2, -0.15) is 13.2 Å². The van der Waals surface area contributed by atoms with Crippen molar-refractivity contribution in [3.8, 4) is 0 Å². The summed E-state index contributed by atoms with van der Waals surface area (Å²) in [6, 6.07) is -1.50. The fourth-order valence-corrected chi connectivity index (χ4v) is 2.42. The molecule has 0 aromatic heterocycles. The van der Waals surface area contributed by atoms with E-state index in [1.54, 1.807) is 6.92 Å². The highest BCUT2D eigenvalue weighted by molar-refractivity contribution is 5.72. The van der Waals surface area contributed by atoms with Crippen molar-refractivity contribution >= 4 is 5.97 Å². The molecule has 1 aliphatic rings. The standard InChI is InChI=1S/C12H21F3N2O2/c1-2-19-11(18)9-4-7-17(8-5-9)10(3-6-16)12(13,14)15/h9-10H,2-8,16H2,1H3. The molecular formula is C12H21F3N2O2. The zero-order chi connectivity index (χ0) is 14.5. The number of ether oxygens (including phenoxy) is 1. The van der Waals surface area contributed by atoms with Crippen LogP contribution in [0, 0.1) is 5.92 Å². The van der Waals surface area contributed by atoms with Gasteiger partial charge in [0, 0.05) is 0 Å². The number of nitrogens with zero attached hydrogens (tertiary/aromatic N) is 1. The summed E-state index contributed by atoms with van der Waals surface area (Å²) in [4.78, 5) is 12.9. The summed E-state index contributed by atoms with van der Waals surface area (Å²) >= 11 is 0. The van der Waals surface area contributed by atoms with Crippen molar-refractivity contribution in [3.05, 3.63) is 0 Å². The van der Waals surface area contributed by atoms with Crippen molar-refractivity contribution in [2.45, 2.75) is 38.4 Å². The van der Waals surface area contributed by atoms with Crippen molar-refractivity contribution in [1.29, 1.82) is 0 Å². The third-order valence-corrected chi connectivity index (χ3v) is 3.41. The second-order valence-electron chi connectivity index (χ2n) is 4.70. The molecule has 0 aliphatic carbocycles. The molecule has 0 aromatic rings. The van der Waals surface area contributed by atoms with Gasteiger partial charge in [-0.15, -0.1) is 0 Å². The van der Waals surface area contributed by atoms with E-state index < -0.39 is 12.2 Å². The first kappa shape index (κ1) is 16.2. The Morgan fingerprint density at radius 1 is 1.42 bits per heavy atom. The van der Waals surface area contributed by atoms with Crippen molar-refractivity contribution < 1.29 is 22.7 Å². The highest BCUT2D eigenvalue weighted by atomic mass is 19.4. The lowest BCUT2D eigenvalue weighted by Gasteiger charge is -2.37. The van der Waals surface area contributed by atoms with Crippen LogP contribution in [-0.4, -0.2) is 49.3 Å². The van der Waals surface area contributed by atoms with Gasteiger partial charge in [0.05, 0.1) is 12.5 Å². The van der Waals surface area contributed by atoms with Crippen LogP contribution in [0.4, 0.5) is 13.2 Å². The lowest BCUT2D eigenvalue weighted by Crippen LogP contribution is -2.50. The molecular weight excluding hydrogens is 261 g/mol. The van der Waals surface area contributed by atoms with Gasteiger partial charge < -0.3 is 10.5 Å². The highest BCUT2D eigenvalue weighted by Crippen LogP contribution is 2.30. The van der Waals surface area contributed by atoms with Crippen LogP contribution in [0.2, 0.25) is 0 Å². The Kier molecular flexibility index (Phi) is 6.06. The van der Waals surface area contributed by atoms with Crippen molar-refractivity contribution in [2.24, 2.45) is 11.7 Å². The fraction of sp³-hybridized carbons (Fsp3) is 0.917. The molecule has 1 fully saturated rings. The van der Waals surface area contributed by atoms with Crippen LogP contribution >= 0.6 is 0 Å². The molecule has 7 heteroatoms. The van der Waals surface area contributed by atoms with Crippen LogP contribution in [0.5, 0.6) is 0 Å². The monoisotopic (exact) mass is 282 g/mol. The topological polar surface area (TPSA) is 55.6 Å². The van der Waals surface area contributed by atoms with Crippen LogP contribution in [-0.2, 0) is 9.53 Å². The average molecular weight is 282 g/mol. The average Bonchev–Trinajstić information content (AvgIpc) is 2.35. The lowest BCUT2D eigenvalue weighted by atomic mass is 9.95. The van der Waals surface area contributed by atoms with Crippen LogP contribution in [0.15, 0.2) is 0 Å². The molecule has 112 valence electrons. The summed E-state index contributed by atoms with van der Waals surface area (Å²) in [5.41, 5.74) is 5.25. The van der Waals surface area contributed by atoms with Crippen molar-refractivity contribution in [1.82, 2.24) is 4.90 Å². The number of rotatable bonds is 5. The Hall–Kier alpha value is -0.820. The normalized spacial score (nSPS) is 20.3. The third kappa shape index (κ3) is 4.65. The maximum atomic E-state index is 12.9. The van der Waals surface area contributed by atoms with Gasteiger partial charge in [-0.05, 0) is 45.8 Å². The van der Waals surface area contributed by atoms with E-state index in [1.807, 2.05) is 0 Å². The number of piperidine rings is 1. The van der Waals surface area contributed by atoms with Gasteiger partial charge in [-0.3, -0.25) is 9.69 Å². The SMILES string of the molecule is CCOC(=O)C1CCN(C(CCN)C(F)(F)F)CC1. The maximum Gasteiger partial charge on any atom is 0.404 e. The second kappa shape index (κ2) is 7.09. The number of carbonyl (C=O) groups is 1. The quantitative estimate of drug-likeness (QED) is 0.777. The minimum absolute atomic E-state index is 0.00197. The first-order chi connectivity index (χ1) is 8.90. The Labute approximate surface area is 111 Å². The molecule has 2 N–H and O–H groups in total. The molecule has 0 spiro atoms. The zero-order valence-electron chi connectivity index (χ0n) is 11.1. The number of halogens is 3. The Morgan fingerprint density at radius 3 is 2.42 bits per heavy atom. The summed E-state index contributed by atoms with van der Waals surface area (Å²) in [7, 11) is 0. The Bertz CT molecular complexity index is 289. The van der Waals surface area contributed by atoms with E-state index in [0.717, 1.165) is 0 Å². The van der Waals surface area contributed by atoms with E-state index >= 15 is 0 Å². The maximum absolute atomic E-state index is 12.9. The zero-order valence-corrected chi connectivity index (χ0v) is 11.1. The predicted octanol–water partition coefficient (Wildman–Crippen LogP) is 1.54. The predicted molar refractivity (Wildman–Crippen MR) is 64.4 cm³/mol. The van der Waals surface area contributed by atoms with E-state index in [-0.39, 0.29) is 37.9 Å². The van der Waals surface area contributed by atoms with Gasteiger partial charge in [-0.25, -0.2) is 0 Å². The van der Waals surface area contributed by atoms with Gasteiger partial charge in [-0.1, -0.05) is 0 Å². The first-order valence-electron chi connectivity index (χ1n) is 6.57. The van der Waals surface area contributed by atoms with Crippen LogP contribution < -0.4 is 5.73 Å². The van der Waals surface area contributed by atoms with Gasteiger partial charge >= 0.3 is 12.1 Å². The molecule has 19 heavy (non-hydrogen) atoms. The third-order valence-electron chi connectivity index (χ3n) is 3.41. The molecule has 1 atom stereocenters. The first-order valence-corrected chi connectivity index (χ1v) is 6.57. The summed E-state index contributed by atoms with van der Waals surface area (Å²) < 4.78 is 43.5. The molecule has 0 aromatic carbocycles. The summed E-state index contributed by atoms with van der Waals surface area (Å²) in [6.07, 6.45) is -3.55. The Morgan fingerprint density at radius 2 is 2.00 bits per heavy atom. The van der Waals surface area contributed by atoms with Crippen LogP contribution in [0.3, 0.4) is 0 Å². The minimum Gasteiger partial charge on any atom is -0.466 e. The largest absolute Gasteiger partial charge is 0.466 e. The van der Waals surface area contributed by atoms with Crippen LogP contribution in [0.1, 0.15) is 26.2 Å². The molecule has 0 radical (unpaired) electrons. The number of hydrogen-bond acceptors (Lipinski definition) is 4. The van der Waals surface area contributed by atoms with E-state index in [9.17, 15) is 18.0 Å². The number of carbonyl (C=O) groups excluding carboxylic acids is 1. The number of hydrogen-bond donors (Lipinski definition) is 1. The summed E-state index contributed by atoms with van der Waals surface area (Å²) in [5.74, 6) is -0.576. The summed E-state index contributed by atoms with van der Waals surface area (Å²) in [5, 5.41) is 0. The van der Waals surface area contributed by atoms with Gasteiger partial charge in [0.15, 0.2) is 0 Å². The van der Waals surface area contributed by atoms with Crippen molar-refractivity contribution in [3.63, 3.8) is 0 Å². The molecule has 0 saturated carbocycles. The van der Waals surface area contributed by atoms with Gasteiger partial charge in [0.1, 0.15) is 6.04 Å². The molecule has 4 nitrogen and oxygen atoms in total. The number of likely N-dealkylation sites (tertiary alicyclic amines) is 1. The molecule has 1 aliphatic heterocycles. The molecule has 0 amide bonds. The summed E-state index contributed by atoms with van der Waals surface area (Å²) in [6.45, 7) is 2.54. The number of esters is 1. The number of alkyl halides is 3. The molecule has 1 heterocycles. The molecule has 1 saturated heterocycles. The minimum atomic E-state index is -4.27. The highest BCUT2D eigenvalue weighted by Gasteiger charge is 2.44.